The highest BCUT2D eigenvalue weighted by Gasteiger charge is 2.17. The van der Waals surface area contributed by atoms with Crippen molar-refractivity contribution in [2.45, 2.75) is 39.5 Å². The summed E-state index contributed by atoms with van der Waals surface area (Å²) in [4.78, 5) is 0. The van der Waals surface area contributed by atoms with Crippen LogP contribution >= 0.6 is 23.2 Å². The van der Waals surface area contributed by atoms with Crippen LogP contribution in [-0.2, 0) is 13.2 Å². The molecular weight excluding hydrogens is 373 g/mol. The zero-order chi connectivity index (χ0) is 19.2. The lowest BCUT2D eigenvalue weighted by Crippen LogP contribution is -2.42. The maximum Gasteiger partial charge on any atom is 0.180 e. The van der Waals surface area contributed by atoms with Crippen molar-refractivity contribution < 1.29 is 14.6 Å². The van der Waals surface area contributed by atoms with E-state index >= 15 is 0 Å². The van der Waals surface area contributed by atoms with E-state index in [-0.39, 0.29) is 12.1 Å². The topological polar surface area (TPSA) is 50.7 Å². The molecule has 0 saturated carbocycles. The number of rotatable bonds is 9. The normalized spacial score (nSPS) is 11.5. The second-order valence-electron chi connectivity index (χ2n) is 6.65. The lowest BCUT2D eigenvalue weighted by Gasteiger charge is -2.24. The van der Waals surface area contributed by atoms with Crippen molar-refractivity contribution in [1.29, 1.82) is 0 Å². The molecule has 26 heavy (non-hydrogen) atoms. The van der Waals surface area contributed by atoms with E-state index in [0.717, 1.165) is 11.1 Å². The smallest absolute Gasteiger partial charge is 0.180 e. The van der Waals surface area contributed by atoms with Gasteiger partial charge in [-0.25, -0.2) is 0 Å². The fourth-order valence-corrected chi connectivity index (χ4v) is 2.67. The molecule has 0 aromatic heterocycles. The zero-order valence-corrected chi connectivity index (χ0v) is 16.8. The van der Waals surface area contributed by atoms with E-state index in [4.69, 9.17) is 32.7 Å². The van der Waals surface area contributed by atoms with Gasteiger partial charge in [-0.2, -0.15) is 0 Å². The molecule has 0 spiro atoms. The molecule has 0 aliphatic rings. The van der Waals surface area contributed by atoms with Crippen molar-refractivity contribution >= 4 is 23.2 Å². The summed E-state index contributed by atoms with van der Waals surface area (Å²) in [6.45, 7) is 7.25. The molecule has 0 bridgehead atoms. The second kappa shape index (κ2) is 9.47. The second-order valence-corrected chi connectivity index (χ2v) is 7.49. The molecule has 0 atom stereocenters. The van der Waals surface area contributed by atoms with Crippen LogP contribution in [0, 0.1) is 0 Å². The van der Waals surface area contributed by atoms with Gasteiger partial charge in [0, 0.05) is 17.1 Å². The Hall–Kier alpha value is -1.46. The van der Waals surface area contributed by atoms with Gasteiger partial charge in [0.05, 0.1) is 18.2 Å². The van der Waals surface area contributed by atoms with Gasteiger partial charge < -0.3 is 19.9 Å². The highest BCUT2D eigenvalue weighted by Crippen LogP contribution is 2.37. The van der Waals surface area contributed by atoms with Crippen molar-refractivity contribution in [3.8, 4) is 11.5 Å². The van der Waals surface area contributed by atoms with Crippen LogP contribution in [-0.4, -0.2) is 23.9 Å². The van der Waals surface area contributed by atoms with Crippen molar-refractivity contribution in [2.75, 3.05) is 13.2 Å². The predicted octanol–water partition coefficient (Wildman–Crippen LogP) is 4.83. The summed E-state index contributed by atoms with van der Waals surface area (Å²) < 4.78 is 11.6. The van der Waals surface area contributed by atoms with Crippen molar-refractivity contribution in [3.63, 3.8) is 0 Å². The average Bonchev–Trinajstić information content (AvgIpc) is 2.61. The van der Waals surface area contributed by atoms with Crippen LogP contribution in [0.5, 0.6) is 11.5 Å². The van der Waals surface area contributed by atoms with Crippen LogP contribution in [0.25, 0.3) is 0 Å². The third-order valence-electron chi connectivity index (χ3n) is 3.83. The van der Waals surface area contributed by atoms with Gasteiger partial charge in [-0.15, -0.1) is 0 Å². The van der Waals surface area contributed by atoms with Crippen molar-refractivity contribution in [1.82, 2.24) is 5.32 Å². The first-order chi connectivity index (χ1) is 12.3. The molecule has 0 unspecified atom stereocenters. The highest BCUT2D eigenvalue weighted by molar-refractivity contribution is 6.32. The van der Waals surface area contributed by atoms with Gasteiger partial charge in [-0.1, -0.05) is 35.3 Å². The molecule has 0 saturated heterocycles. The minimum absolute atomic E-state index is 0.0430. The largest absolute Gasteiger partial charge is 0.490 e. The van der Waals surface area contributed by atoms with E-state index in [1.165, 1.54) is 0 Å². The number of hydrogen-bond donors (Lipinski definition) is 2. The van der Waals surface area contributed by atoms with Gasteiger partial charge in [0.2, 0.25) is 0 Å². The molecule has 0 heterocycles. The Bertz CT molecular complexity index is 718. The minimum atomic E-state index is -0.373. The number of ether oxygens (including phenoxy) is 2. The Morgan fingerprint density at radius 1 is 1.04 bits per heavy atom. The van der Waals surface area contributed by atoms with E-state index in [1.54, 1.807) is 0 Å². The Balaban J connectivity index is 2.15. The lowest BCUT2D eigenvalue weighted by molar-refractivity contribution is 0.187. The van der Waals surface area contributed by atoms with Crippen LogP contribution in [0.4, 0.5) is 0 Å². The first-order valence-electron chi connectivity index (χ1n) is 8.53. The average molecular weight is 398 g/mol. The van der Waals surface area contributed by atoms with Crippen LogP contribution in [0.3, 0.4) is 0 Å². The summed E-state index contributed by atoms with van der Waals surface area (Å²) in [6.07, 6.45) is 0. The highest BCUT2D eigenvalue weighted by atomic mass is 35.5. The number of aliphatic hydroxyl groups is 1. The Kier molecular flexibility index (Phi) is 7.59. The molecule has 0 amide bonds. The molecule has 0 aliphatic heterocycles. The molecule has 0 radical (unpaired) electrons. The SMILES string of the molecule is CCOc1cc(CNC(C)(C)CO)cc(Cl)c1OCc1ccc(Cl)cc1. The number of nitrogens with one attached hydrogen (secondary N) is 1. The van der Waals surface area contributed by atoms with Gasteiger partial charge in [-0.3, -0.25) is 0 Å². The monoisotopic (exact) mass is 397 g/mol. The zero-order valence-electron chi connectivity index (χ0n) is 15.3. The Labute approximate surface area is 165 Å². The van der Waals surface area contributed by atoms with Gasteiger partial charge in [-0.05, 0) is 56.2 Å². The summed E-state index contributed by atoms with van der Waals surface area (Å²) in [7, 11) is 0. The fraction of sp³-hybridized carbons (Fsp3) is 0.400. The number of aliphatic hydroxyl groups excluding tert-OH is 1. The molecular formula is C20H25Cl2NO3. The molecule has 2 aromatic rings. The molecule has 4 nitrogen and oxygen atoms in total. The summed E-state index contributed by atoms with van der Waals surface area (Å²) in [5, 5.41) is 13.8. The van der Waals surface area contributed by atoms with Gasteiger partial charge in [0.15, 0.2) is 11.5 Å². The molecule has 2 rings (SSSR count). The van der Waals surface area contributed by atoms with E-state index in [1.807, 2.05) is 57.2 Å². The molecule has 0 fully saturated rings. The Morgan fingerprint density at radius 2 is 1.73 bits per heavy atom. The number of hydrogen-bond acceptors (Lipinski definition) is 4. The quantitative estimate of drug-likeness (QED) is 0.635. The summed E-state index contributed by atoms with van der Waals surface area (Å²) in [5.41, 5.74) is 1.57. The lowest BCUT2D eigenvalue weighted by atomic mass is 10.1. The van der Waals surface area contributed by atoms with E-state index in [0.29, 0.717) is 41.3 Å². The van der Waals surface area contributed by atoms with Gasteiger partial charge in [0.25, 0.3) is 0 Å². The molecule has 6 heteroatoms. The minimum Gasteiger partial charge on any atom is -0.490 e. The maximum atomic E-state index is 9.36. The molecule has 0 aliphatic carbocycles. The predicted molar refractivity (Wildman–Crippen MR) is 106 cm³/mol. The number of halogens is 2. The molecule has 142 valence electrons. The fourth-order valence-electron chi connectivity index (χ4n) is 2.26. The number of benzene rings is 2. The Morgan fingerprint density at radius 3 is 2.35 bits per heavy atom. The summed E-state index contributed by atoms with van der Waals surface area (Å²) in [6, 6.07) is 11.2. The van der Waals surface area contributed by atoms with E-state index in [2.05, 4.69) is 5.32 Å². The standard InChI is InChI=1S/C20H25Cl2NO3/c1-4-25-18-10-15(11-23-20(2,3)13-24)9-17(22)19(18)26-12-14-5-7-16(21)8-6-14/h5-10,23-24H,4,11-13H2,1-3H3. The van der Waals surface area contributed by atoms with Crippen LogP contribution in [0.1, 0.15) is 31.9 Å². The van der Waals surface area contributed by atoms with Gasteiger partial charge in [0.1, 0.15) is 6.61 Å². The first-order valence-corrected chi connectivity index (χ1v) is 9.28. The van der Waals surface area contributed by atoms with Gasteiger partial charge >= 0.3 is 0 Å². The maximum absolute atomic E-state index is 9.36. The molecule has 2 N–H and O–H groups in total. The summed E-state index contributed by atoms with van der Waals surface area (Å²) >= 11 is 12.3. The molecule has 2 aromatic carbocycles. The third kappa shape index (κ3) is 6.06. The van der Waals surface area contributed by atoms with Crippen molar-refractivity contribution in [3.05, 3.63) is 57.6 Å². The van der Waals surface area contributed by atoms with E-state index in [9.17, 15) is 5.11 Å². The van der Waals surface area contributed by atoms with Crippen molar-refractivity contribution in [2.24, 2.45) is 0 Å². The van der Waals surface area contributed by atoms with Crippen LogP contribution in [0.15, 0.2) is 36.4 Å². The van der Waals surface area contributed by atoms with Crippen LogP contribution < -0.4 is 14.8 Å². The summed E-state index contributed by atoms with van der Waals surface area (Å²) in [5.74, 6) is 1.13. The van der Waals surface area contributed by atoms with E-state index < -0.39 is 0 Å². The van der Waals surface area contributed by atoms with Crippen LogP contribution in [0.2, 0.25) is 10.0 Å². The third-order valence-corrected chi connectivity index (χ3v) is 4.36. The first kappa shape index (κ1) is 20.8.